The molecule has 0 fully saturated rings. The first-order valence-corrected chi connectivity index (χ1v) is 5.52. The number of aromatic nitrogens is 1. The van der Waals surface area contributed by atoms with Gasteiger partial charge in [0.25, 0.3) is 0 Å². The molecule has 0 atom stereocenters. The molecule has 0 aliphatic heterocycles. The Kier molecular flexibility index (Phi) is 3.11. The van der Waals surface area contributed by atoms with Crippen molar-refractivity contribution < 1.29 is 0 Å². The van der Waals surface area contributed by atoms with Crippen molar-refractivity contribution >= 4 is 23.0 Å². The third-order valence-electron chi connectivity index (χ3n) is 2.47. The Morgan fingerprint density at radius 2 is 2.06 bits per heavy atom. The minimum absolute atomic E-state index is 0.379. The van der Waals surface area contributed by atoms with E-state index in [1.165, 1.54) is 0 Å². The minimum atomic E-state index is 0.379. The number of aryl methyl sites for hydroxylation is 1. The molecule has 0 spiro atoms. The molecular formula is C13H12ClN3. The van der Waals surface area contributed by atoms with E-state index in [2.05, 4.69) is 4.98 Å². The first-order valence-electron chi connectivity index (χ1n) is 5.15. The van der Waals surface area contributed by atoms with Crippen LogP contribution in [0.3, 0.4) is 0 Å². The molecule has 0 bridgehead atoms. The fourth-order valence-corrected chi connectivity index (χ4v) is 1.80. The lowest BCUT2D eigenvalue weighted by molar-refractivity contribution is 1.19. The van der Waals surface area contributed by atoms with Crippen molar-refractivity contribution in [1.29, 1.82) is 5.41 Å². The Labute approximate surface area is 105 Å². The van der Waals surface area contributed by atoms with Gasteiger partial charge in [-0.15, -0.1) is 0 Å². The number of hydrogen-bond acceptors (Lipinski definition) is 3. The summed E-state index contributed by atoms with van der Waals surface area (Å²) in [5.41, 5.74) is 9.10. The molecular weight excluding hydrogens is 234 g/mol. The Morgan fingerprint density at radius 3 is 2.71 bits per heavy atom. The fraction of sp³-hybridized carbons (Fsp3) is 0.0769. The molecule has 0 radical (unpaired) electrons. The van der Waals surface area contributed by atoms with E-state index in [-0.39, 0.29) is 0 Å². The number of nitrogens with one attached hydrogen (secondary N) is 1. The number of halogens is 1. The number of nitrogens with zero attached hydrogens (tertiary/aromatic N) is 1. The molecule has 1 heterocycles. The summed E-state index contributed by atoms with van der Waals surface area (Å²) in [6.07, 6.45) is 1.69. The van der Waals surface area contributed by atoms with Crippen LogP contribution in [0.5, 0.6) is 0 Å². The third kappa shape index (κ3) is 2.45. The van der Waals surface area contributed by atoms with Gasteiger partial charge in [-0.3, -0.25) is 10.4 Å². The summed E-state index contributed by atoms with van der Waals surface area (Å²) in [7, 11) is 0. The number of anilines is 1. The van der Waals surface area contributed by atoms with Crippen LogP contribution in [-0.4, -0.2) is 10.7 Å². The number of pyridine rings is 1. The zero-order valence-corrected chi connectivity index (χ0v) is 10.1. The smallest absolute Gasteiger partial charge is 0.0706 e. The average molecular weight is 246 g/mol. The van der Waals surface area contributed by atoms with Gasteiger partial charge in [0, 0.05) is 33.7 Å². The first kappa shape index (κ1) is 11.6. The maximum absolute atomic E-state index is 8.13. The van der Waals surface area contributed by atoms with Crippen LogP contribution in [-0.2, 0) is 0 Å². The first-order chi connectivity index (χ1) is 8.08. The number of nitrogen functional groups attached to an aromatic ring is 1. The lowest BCUT2D eigenvalue weighted by atomic mass is 10.0. The summed E-state index contributed by atoms with van der Waals surface area (Å²) in [6, 6.07) is 8.80. The quantitative estimate of drug-likeness (QED) is 0.631. The van der Waals surface area contributed by atoms with Crippen molar-refractivity contribution in [3.8, 4) is 0 Å². The summed E-state index contributed by atoms with van der Waals surface area (Å²) < 4.78 is 0. The molecule has 0 unspecified atom stereocenters. The van der Waals surface area contributed by atoms with Gasteiger partial charge in [-0.25, -0.2) is 0 Å². The zero-order valence-electron chi connectivity index (χ0n) is 9.37. The summed E-state index contributed by atoms with van der Waals surface area (Å²) in [5.74, 6) is 0. The Hall–Kier alpha value is -1.87. The highest BCUT2D eigenvalue weighted by Gasteiger charge is 2.09. The largest absolute Gasteiger partial charge is 0.398 e. The molecule has 2 aromatic rings. The van der Waals surface area contributed by atoms with Gasteiger partial charge >= 0.3 is 0 Å². The van der Waals surface area contributed by atoms with E-state index < -0.39 is 0 Å². The van der Waals surface area contributed by atoms with Crippen LogP contribution in [0.15, 0.2) is 36.5 Å². The second-order valence-electron chi connectivity index (χ2n) is 3.79. The van der Waals surface area contributed by atoms with Crippen LogP contribution in [0.2, 0.25) is 5.02 Å². The monoisotopic (exact) mass is 245 g/mol. The summed E-state index contributed by atoms with van der Waals surface area (Å²) in [6.45, 7) is 1.89. The predicted octanol–water partition coefficient (Wildman–Crippen LogP) is 3.04. The van der Waals surface area contributed by atoms with E-state index in [1.54, 1.807) is 30.5 Å². The Bertz CT molecular complexity index is 579. The number of benzene rings is 1. The molecule has 3 N–H and O–H groups in total. The molecule has 2 rings (SSSR count). The molecule has 1 aromatic carbocycles. The zero-order chi connectivity index (χ0) is 12.4. The fourth-order valence-electron chi connectivity index (χ4n) is 1.62. The molecule has 0 saturated heterocycles. The number of hydrogen-bond donors (Lipinski definition) is 2. The second kappa shape index (κ2) is 4.55. The van der Waals surface area contributed by atoms with Crippen LogP contribution < -0.4 is 5.73 Å². The maximum Gasteiger partial charge on any atom is 0.0706 e. The molecule has 0 amide bonds. The minimum Gasteiger partial charge on any atom is -0.398 e. The highest BCUT2D eigenvalue weighted by Crippen LogP contribution is 2.21. The van der Waals surface area contributed by atoms with Crippen molar-refractivity contribution in [2.24, 2.45) is 0 Å². The molecule has 3 nitrogen and oxygen atoms in total. The standard InChI is InChI=1S/C13H12ClN3/c1-8-6-9(4-5-17-8)13(16)11-3-2-10(14)7-12(11)15/h2-7,16H,15H2,1H3. The number of nitrogens with two attached hydrogens (primary N) is 1. The van der Waals surface area contributed by atoms with Gasteiger partial charge in [0.15, 0.2) is 0 Å². The van der Waals surface area contributed by atoms with Gasteiger partial charge in [0.05, 0.1) is 5.71 Å². The summed E-state index contributed by atoms with van der Waals surface area (Å²) >= 11 is 5.83. The van der Waals surface area contributed by atoms with E-state index in [4.69, 9.17) is 22.7 Å². The maximum atomic E-state index is 8.13. The highest BCUT2D eigenvalue weighted by atomic mass is 35.5. The van der Waals surface area contributed by atoms with E-state index in [9.17, 15) is 0 Å². The van der Waals surface area contributed by atoms with E-state index >= 15 is 0 Å². The number of rotatable bonds is 2. The second-order valence-corrected chi connectivity index (χ2v) is 4.23. The van der Waals surface area contributed by atoms with Gasteiger partial charge in [-0.05, 0) is 37.3 Å². The topological polar surface area (TPSA) is 62.8 Å². The van der Waals surface area contributed by atoms with E-state index in [0.717, 1.165) is 11.3 Å². The normalized spacial score (nSPS) is 10.2. The highest BCUT2D eigenvalue weighted by molar-refractivity contribution is 6.31. The predicted molar refractivity (Wildman–Crippen MR) is 70.8 cm³/mol. The van der Waals surface area contributed by atoms with Crippen LogP contribution in [0, 0.1) is 12.3 Å². The average Bonchev–Trinajstić information content (AvgIpc) is 2.28. The van der Waals surface area contributed by atoms with Gasteiger partial charge in [0.2, 0.25) is 0 Å². The van der Waals surface area contributed by atoms with Crippen LogP contribution >= 0.6 is 11.6 Å². The summed E-state index contributed by atoms with van der Waals surface area (Å²) in [4.78, 5) is 4.10. The molecule has 17 heavy (non-hydrogen) atoms. The van der Waals surface area contributed by atoms with Crippen molar-refractivity contribution in [3.63, 3.8) is 0 Å². The lowest BCUT2D eigenvalue weighted by Gasteiger charge is -2.08. The molecule has 1 aromatic heterocycles. The Balaban J connectivity index is 2.44. The Morgan fingerprint density at radius 1 is 1.29 bits per heavy atom. The van der Waals surface area contributed by atoms with E-state index in [1.807, 2.05) is 13.0 Å². The third-order valence-corrected chi connectivity index (χ3v) is 2.70. The molecule has 0 aliphatic carbocycles. The van der Waals surface area contributed by atoms with Crippen molar-refractivity contribution in [2.75, 3.05) is 5.73 Å². The SMILES string of the molecule is Cc1cc(C(=N)c2ccc(Cl)cc2N)ccn1. The van der Waals surface area contributed by atoms with Crippen LogP contribution in [0.1, 0.15) is 16.8 Å². The van der Waals surface area contributed by atoms with Gasteiger partial charge < -0.3 is 5.73 Å². The van der Waals surface area contributed by atoms with Crippen LogP contribution in [0.25, 0.3) is 0 Å². The van der Waals surface area contributed by atoms with Gasteiger partial charge in [-0.2, -0.15) is 0 Å². The van der Waals surface area contributed by atoms with Crippen molar-refractivity contribution in [1.82, 2.24) is 4.98 Å². The molecule has 4 heteroatoms. The molecule has 0 saturated carbocycles. The lowest BCUT2D eigenvalue weighted by Crippen LogP contribution is -2.05. The van der Waals surface area contributed by atoms with Crippen molar-refractivity contribution in [2.45, 2.75) is 6.92 Å². The molecule has 0 aliphatic rings. The molecule has 86 valence electrons. The summed E-state index contributed by atoms with van der Waals surface area (Å²) in [5, 5.41) is 8.70. The van der Waals surface area contributed by atoms with E-state index in [0.29, 0.717) is 22.0 Å². The van der Waals surface area contributed by atoms with Crippen molar-refractivity contribution in [3.05, 3.63) is 58.4 Å². The van der Waals surface area contributed by atoms with Crippen LogP contribution in [0.4, 0.5) is 5.69 Å². The van der Waals surface area contributed by atoms with Gasteiger partial charge in [-0.1, -0.05) is 11.6 Å². The van der Waals surface area contributed by atoms with Gasteiger partial charge in [0.1, 0.15) is 0 Å².